The molecule has 2 rings (SSSR count). The molecule has 0 unspecified atom stereocenters. The van der Waals surface area contributed by atoms with E-state index >= 15 is 0 Å². The number of nitrogens with zero attached hydrogens (tertiary/aromatic N) is 2. The maximum absolute atomic E-state index is 13.0. The van der Waals surface area contributed by atoms with E-state index in [1.165, 1.54) is 23.5 Å². The summed E-state index contributed by atoms with van der Waals surface area (Å²) in [6.45, 7) is 5.89. The van der Waals surface area contributed by atoms with Crippen molar-refractivity contribution < 1.29 is 9.13 Å². The molecule has 1 aromatic heterocycles. The zero-order chi connectivity index (χ0) is 14.5. The van der Waals surface area contributed by atoms with E-state index in [4.69, 9.17) is 4.74 Å². The Morgan fingerprint density at radius 3 is 2.90 bits per heavy atom. The molecule has 0 spiro atoms. The summed E-state index contributed by atoms with van der Waals surface area (Å²) < 4.78 is 19.1. The van der Waals surface area contributed by atoms with Gasteiger partial charge in [-0.1, -0.05) is 30.3 Å². The summed E-state index contributed by atoms with van der Waals surface area (Å²) in [5.74, 6) is 0.790. The Labute approximate surface area is 129 Å². The minimum atomic E-state index is -0.319. The highest BCUT2D eigenvalue weighted by Crippen LogP contribution is 2.31. The van der Waals surface area contributed by atoms with Crippen LogP contribution in [0.5, 0.6) is 10.9 Å². The zero-order valence-electron chi connectivity index (χ0n) is 11.2. The van der Waals surface area contributed by atoms with Crippen LogP contribution in [0.4, 0.5) is 4.39 Å². The molecular formula is C13H15BrFN3OS. The molecular weight excluding hydrogens is 345 g/mol. The lowest BCUT2D eigenvalue weighted by Crippen LogP contribution is -2.18. The average molecular weight is 360 g/mol. The van der Waals surface area contributed by atoms with Gasteiger partial charge in [-0.05, 0) is 46.6 Å². The van der Waals surface area contributed by atoms with Crippen LogP contribution in [0, 0.1) is 11.7 Å². The highest BCUT2D eigenvalue weighted by atomic mass is 79.9. The summed E-state index contributed by atoms with van der Waals surface area (Å²) in [4.78, 5) is 0. The Bertz CT molecular complexity index is 576. The van der Waals surface area contributed by atoms with Crippen LogP contribution in [-0.4, -0.2) is 16.7 Å². The van der Waals surface area contributed by atoms with Crippen molar-refractivity contribution >= 4 is 27.3 Å². The fraction of sp³-hybridized carbons (Fsp3) is 0.385. The van der Waals surface area contributed by atoms with Crippen LogP contribution in [0.15, 0.2) is 22.7 Å². The van der Waals surface area contributed by atoms with E-state index in [1.54, 1.807) is 6.07 Å². The minimum absolute atomic E-state index is 0.319. The summed E-state index contributed by atoms with van der Waals surface area (Å²) in [6, 6.07) is 4.24. The Morgan fingerprint density at radius 2 is 2.20 bits per heavy atom. The maximum atomic E-state index is 13.0. The molecule has 1 heterocycles. The highest BCUT2D eigenvalue weighted by Gasteiger charge is 2.09. The summed E-state index contributed by atoms with van der Waals surface area (Å²) in [5, 5.41) is 12.6. The Kier molecular flexibility index (Phi) is 5.45. The number of rotatable bonds is 6. The first kappa shape index (κ1) is 15.3. The molecule has 108 valence electrons. The molecule has 0 fully saturated rings. The van der Waals surface area contributed by atoms with E-state index < -0.39 is 0 Å². The monoisotopic (exact) mass is 359 g/mol. The van der Waals surface area contributed by atoms with Crippen LogP contribution in [0.3, 0.4) is 0 Å². The fourth-order valence-corrected chi connectivity index (χ4v) is 2.57. The fourth-order valence-electron chi connectivity index (χ4n) is 1.47. The first-order valence-corrected chi connectivity index (χ1v) is 7.81. The molecule has 0 aliphatic rings. The van der Waals surface area contributed by atoms with Gasteiger partial charge in [-0.2, -0.15) is 0 Å². The standard InChI is InChI=1S/C13H15BrFN3OS/c1-8(2)6-16-7-12-17-18-13(20-12)19-11-4-3-9(15)5-10(11)14/h3-5,8,16H,6-7H2,1-2H3. The number of halogens is 2. The molecule has 20 heavy (non-hydrogen) atoms. The molecule has 2 aromatic rings. The lowest BCUT2D eigenvalue weighted by molar-refractivity contribution is 0.468. The van der Waals surface area contributed by atoms with Crippen LogP contribution in [0.1, 0.15) is 18.9 Å². The molecule has 0 saturated heterocycles. The zero-order valence-corrected chi connectivity index (χ0v) is 13.6. The average Bonchev–Trinajstić information content (AvgIpc) is 2.80. The molecule has 0 radical (unpaired) electrons. The molecule has 0 aliphatic carbocycles. The van der Waals surface area contributed by atoms with Crippen LogP contribution in [-0.2, 0) is 6.54 Å². The van der Waals surface area contributed by atoms with Crippen molar-refractivity contribution in [3.63, 3.8) is 0 Å². The smallest absolute Gasteiger partial charge is 0.299 e. The van der Waals surface area contributed by atoms with Gasteiger partial charge in [-0.25, -0.2) is 4.39 Å². The first-order valence-electron chi connectivity index (χ1n) is 6.20. The second-order valence-corrected chi connectivity index (χ2v) is 6.54. The number of hydrogen-bond donors (Lipinski definition) is 1. The second kappa shape index (κ2) is 7.10. The van der Waals surface area contributed by atoms with E-state index in [9.17, 15) is 4.39 Å². The van der Waals surface area contributed by atoms with Crippen molar-refractivity contribution in [3.8, 4) is 10.9 Å². The summed E-state index contributed by atoms with van der Waals surface area (Å²) in [6.07, 6.45) is 0. The van der Waals surface area contributed by atoms with Crippen molar-refractivity contribution in [1.82, 2.24) is 15.5 Å². The molecule has 0 aliphatic heterocycles. The van der Waals surface area contributed by atoms with Gasteiger partial charge < -0.3 is 10.1 Å². The molecule has 0 saturated carbocycles. The van der Waals surface area contributed by atoms with Gasteiger partial charge >= 0.3 is 0 Å². The summed E-state index contributed by atoms with van der Waals surface area (Å²) in [7, 11) is 0. The quantitative estimate of drug-likeness (QED) is 0.847. The molecule has 1 N–H and O–H groups in total. The molecule has 7 heteroatoms. The van der Waals surface area contributed by atoms with Crippen LogP contribution in [0.25, 0.3) is 0 Å². The van der Waals surface area contributed by atoms with Gasteiger partial charge in [0, 0.05) is 6.54 Å². The summed E-state index contributed by atoms with van der Waals surface area (Å²) in [5.41, 5.74) is 0. The number of benzene rings is 1. The van der Waals surface area contributed by atoms with Gasteiger partial charge in [-0.15, -0.1) is 5.10 Å². The number of ether oxygens (including phenoxy) is 1. The van der Waals surface area contributed by atoms with Crippen LogP contribution >= 0.6 is 27.3 Å². The van der Waals surface area contributed by atoms with Gasteiger partial charge in [0.25, 0.3) is 5.19 Å². The SMILES string of the molecule is CC(C)CNCc1nnc(Oc2ccc(F)cc2Br)s1. The molecule has 4 nitrogen and oxygen atoms in total. The van der Waals surface area contributed by atoms with Crippen LogP contribution < -0.4 is 10.1 Å². The first-order chi connectivity index (χ1) is 9.54. The number of nitrogens with one attached hydrogen (secondary N) is 1. The van der Waals surface area contributed by atoms with Crippen molar-refractivity contribution in [3.05, 3.63) is 33.5 Å². The van der Waals surface area contributed by atoms with E-state index in [-0.39, 0.29) is 5.82 Å². The third-order valence-corrected chi connectivity index (χ3v) is 3.79. The van der Waals surface area contributed by atoms with E-state index in [0.29, 0.717) is 27.9 Å². The Morgan fingerprint density at radius 1 is 1.40 bits per heavy atom. The predicted octanol–water partition coefficient (Wildman–Crippen LogP) is 3.98. The molecule has 0 bridgehead atoms. The molecule has 0 atom stereocenters. The Hall–Kier alpha value is -1.05. The van der Waals surface area contributed by atoms with Gasteiger partial charge in [0.15, 0.2) is 0 Å². The van der Waals surface area contributed by atoms with E-state index in [1.807, 2.05) is 0 Å². The van der Waals surface area contributed by atoms with Gasteiger partial charge in [0.1, 0.15) is 16.6 Å². The minimum Gasteiger partial charge on any atom is -0.429 e. The Balaban J connectivity index is 1.95. The number of hydrogen-bond acceptors (Lipinski definition) is 5. The third-order valence-electron chi connectivity index (χ3n) is 2.37. The number of aromatic nitrogens is 2. The van der Waals surface area contributed by atoms with Crippen molar-refractivity contribution in [2.24, 2.45) is 5.92 Å². The predicted molar refractivity (Wildman–Crippen MR) is 80.6 cm³/mol. The maximum Gasteiger partial charge on any atom is 0.299 e. The second-order valence-electron chi connectivity index (χ2n) is 4.66. The van der Waals surface area contributed by atoms with Gasteiger partial charge in [0.05, 0.1) is 4.47 Å². The largest absolute Gasteiger partial charge is 0.429 e. The molecule has 1 aromatic carbocycles. The van der Waals surface area contributed by atoms with Crippen LogP contribution in [0.2, 0.25) is 0 Å². The van der Waals surface area contributed by atoms with Crippen molar-refractivity contribution in [2.45, 2.75) is 20.4 Å². The topological polar surface area (TPSA) is 47.0 Å². The van der Waals surface area contributed by atoms with E-state index in [2.05, 4.69) is 45.3 Å². The van der Waals surface area contributed by atoms with Crippen molar-refractivity contribution in [2.75, 3.05) is 6.54 Å². The third kappa shape index (κ3) is 4.50. The normalized spacial score (nSPS) is 11.1. The van der Waals surface area contributed by atoms with Gasteiger partial charge in [0.2, 0.25) is 0 Å². The highest BCUT2D eigenvalue weighted by molar-refractivity contribution is 9.10. The molecule has 0 amide bonds. The van der Waals surface area contributed by atoms with Crippen molar-refractivity contribution in [1.29, 1.82) is 0 Å². The lowest BCUT2D eigenvalue weighted by Gasteiger charge is -2.04. The summed E-state index contributed by atoms with van der Waals surface area (Å²) >= 11 is 4.62. The van der Waals surface area contributed by atoms with Gasteiger partial charge in [-0.3, -0.25) is 0 Å². The lowest BCUT2D eigenvalue weighted by atomic mass is 10.2. The van der Waals surface area contributed by atoms with E-state index in [0.717, 1.165) is 11.6 Å².